The maximum atomic E-state index is 11.7. The van der Waals surface area contributed by atoms with Crippen molar-refractivity contribution in [2.75, 3.05) is 30.4 Å². The van der Waals surface area contributed by atoms with Crippen LogP contribution in [0.2, 0.25) is 0 Å². The second-order valence-corrected chi connectivity index (χ2v) is 4.59. The lowest BCUT2D eigenvalue weighted by Crippen LogP contribution is -2.57. The van der Waals surface area contributed by atoms with E-state index in [4.69, 9.17) is 4.74 Å². The van der Waals surface area contributed by atoms with Gasteiger partial charge in [-0.15, -0.1) is 0 Å². The van der Waals surface area contributed by atoms with Crippen molar-refractivity contribution >= 4 is 23.7 Å². The highest BCUT2D eigenvalue weighted by molar-refractivity contribution is 6.04. The van der Waals surface area contributed by atoms with E-state index in [2.05, 4.69) is 25.6 Å². The molecule has 2 heterocycles. The first-order chi connectivity index (χ1) is 10.0. The normalized spacial score (nSPS) is 18.4. The molecule has 1 saturated heterocycles. The molecule has 0 aromatic carbocycles. The van der Waals surface area contributed by atoms with Crippen molar-refractivity contribution in [3.63, 3.8) is 0 Å². The summed E-state index contributed by atoms with van der Waals surface area (Å²) >= 11 is 0. The summed E-state index contributed by atoms with van der Waals surface area (Å²) in [7, 11) is 1.44. The van der Waals surface area contributed by atoms with Crippen LogP contribution in [0.5, 0.6) is 6.01 Å². The molecule has 0 bridgehead atoms. The fraction of sp³-hybridized carbons (Fsp3) is 0.583. The second kappa shape index (κ2) is 6.33. The number of rotatable bonds is 5. The van der Waals surface area contributed by atoms with E-state index in [0.717, 1.165) is 6.42 Å². The van der Waals surface area contributed by atoms with Crippen LogP contribution in [-0.4, -0.2) is 53.0 Å². The molecule has 0 aliphatic carbocycles. The van der Waals surface area contributed by atoms with E-state index in [1.54, 1.807) is 6.92 Å². The Morgan fingerprint density at radius 2 is 2.14 bits per heavy atom. The van der Waals surface area contributed by atoms with Crippen LogP contribution in [0.25, 0.3) is 0 Å². The zero-order valence-corrected chi connectivity index (χ0v) is 12.2. The molecule has 1 aliphatic rings. The van der Waals surface area contributed by atoms with Gasteiger partial charge in [-0.25, -0.2) is 0 Å². The van der Waals surface area contributed by atoms with Crippen LogP contribution in [0, 0.1) is 0 Å². The molecule has 1 aromatic heterocycles. The lowest BCUT2D eigenvalue weighted by Gasteiger charge is -2.31. The number of nitrogens with one attached hydrogen (secondary N) is 2. The number of anilines is 2. The van der Waals surface area contributed by atoms with Gasteiger partial charge in [0, 0.05) is 6.54 Å². The Hall–Kier alpha value is -2.45. The summed E-state index contributed by atoms with van der Waals surface area (Å²) in [5, 5.41) is 5.30. The number of imide groups is 1. The standard InChI is InChI=1S/C12H18N6O3/c1-4-5-13-10-15-11(17-12(16-10)21-3)18-6-8(19)14-9(20)7(18)2/h7H,4-6H2,1-3H3,(H,14,19,20)(H,13,15,16,17). The largest absolute Gasteiger partial charge is 0.467 e. The summed E-state index contributed by atoms with van der Waals surface area (Å²) < 4.78 is 5.04. The molecule has 2 N–H and O–H groups in total. The molecule has 21 heavy (non-hydrogen) atoms. The molecule has 1 fully saturated rings. The summed E-state index contributed by atoms with van der Waals surface area (Å²) in [5.74, 6) is -0.185. The first kappa shape index (κ1) is 14.9. The summed E-state index contributed by atoms with van der Waals surface area (Å²) in [6.45, 7) is 4.40. The Morgan fingerprint density at radius 3 is 2.81 bits per heavy atom. The number of hydrogen-bond donors (Lipinski definition) is 2. The Kier molecular flexibility index (Phi) is 4.51. The molecular weight excluding hydrogens is 276 g/mol. The number of nitrogens with zero attached hydrogens (tertiary/aromatic N) is 4. The molecule has 2 amide bonds. The lowest BCUT2D eigenvalue weighted by molar-refractivity contribution is -0.132. The second-order valence-electron chi connectivity index (χ2n) is 4.59. The van der Waals surface area contributed by atoms with Gasteiger partial charge >= 0.3 is 6.01 Å². The van der Waals surface area contributed by atoms with Crippen molar-refractivity contribution in [2.45, 2.75) is 26.3 Å². The van der Waals surface area contributed by atoms with E-state index in [0.29, 0.717) is 12.5 Å². The van der Waals surface area contributed by atoms with Gasteiger partial charge < -0.3 is 15.0 Å². The summed E-state index contributed by atoms with van der Waals surface area (Å²) in [6, 6.07) is -0.418. The molecule has 9 nitrogen and oxygen atoms in total. The minimum Gasteiger partial charge on any atom is -0.467 e. The number of carbonyl (C=O) groups is 2. The van der Waals surface area contributed by atoms with Crippen molar-refractivity contribution in [1.29, 1.82) is 0 Å². The first-order valence-electron chi connectivity index (χ1n) is 6.69. The number of amides is 2. The third-order valence-corrected chi connectivity index (χ3v) is 3.00. The molecule has 9 heteroatoms. The molecule has 0 spiro atoms. The predicted octanol–water partition coefficient (Wildman–Crippen LogP) is -0.447. The third kappa shape index (κ3) is 3.36. The van der Waals surface area contributed by atoms with Crippen LogP contribution < -0.4 is 20.3 Å². The molecule has 0 radical (unpaired) electrons. The van der Waals surface area contributed by atoms with Crippen LogP contribution in [-0.2, 0) is 9.59 Å². The van der Waals surface area contributed by atoms with Gasteiger partial charge in [-0.05, 0) is 13.3 Å². The van der Waals surface area contributed by atoms with Crippen molar-refractivity contribution in [2.24, 2.45) is 0 Å². The van der Waals surface area contributed by atoms with Crippen LogP contribution in [0.3, 0.4) is 0 Å². The van der Waals surface area contributed by atoms with Gasteiger partial charge in [-0.3, -0.25) is 14.9 Å². The molecular formula is C12H18N6O3. The smallest absolute Gasteiger partial charge is 0.322 e. The molecule has 0 saturated carbocycles. The number of methoxy groups -OCH3 is 1. The molecule has 1 aliphatic heterocycles. The number of ether oxygens (including phenoxy) is 1. The number of piperazine rings is 1. The molecule has 1 unspecified atom stereocenters. The van der Waals surface area contributed by atoms with Crippen molar-refractivity contribution < 1.29 is 14.3 Å². The minimum atomic E-state index is -0.547. The zero-order valence-electron chi connectivity index (χ0n) is 12.2. The van der Waals surface area contributed by atoms with Gasteiger partial charge in [-0.1, -0.05) is 6.92 Å². The van der Waals surface area contributed by atoms with E-state index in [-0.39, 0.29) is 30.3 Å². The van der Waals surface area contributed by atoms with Crippen LogP contribution in [0.15, 0.2) is 0 Å². The monoisotopic (exact) mass is 294 g/mol. The van der Waals surface area contributed by atoms with E-state index >= 15 is 0 Å². The van der Waals surface area contributed by atoms with Gasteiger partial charge in [0.2, 0.25) is 23.7 Å². The highest BCUT2D eigenvalue weighted by Gasteiger charge is 2.32. The van der Waals surface area contributed by atoms with Gasteiger partial charge in [-0.2, -0.15) is 15.0 Å². The summed E-state index contributed by atoms with van der Waals surface area (Å²) in [5.41, 5.74) is 0. The zero-order chi connectivity index (χ0) is 15.4. The Balaban J connectivity index is 2.32. The molecule has 114 valence electrons. The predicted molar refractivity (Wildman–Crippen MR) is 75.1 cm³/mol. The van der Waals surface area contributed by atoms with E-state index in [1.807, 2.05) is 6.92 Å². The highest BCUT2D eigenvalue weighted by atomic mass is 16.5. The van der Waals surface area contributed by atoms with Crippen LogP contribution in [0.4, 0.5) is 11.9 Å². The fourth-order valence-electron chi connectivity index (χ4n) is 1.84. The fourth-order valence-corrected chi connectivity index (χ4v) is 1.84. The average molecular weight is 294 g/mol. The topological polar surface area (TPSA) is 109 Å². The quantitative estimate of drug-likeness (QED) is 0.703. The maximum absolute atomic E-state index is 11.7. The van der Waals surface area contributed by atoms with Crippen molar-refractivity contribution in [3.05, 3.63) is 0 Å². The van der Waals surface area contributed by atoms with Gasteiger partial charge in [0.15, 0.2) is 0 Å². The van der Waals surface area contributed by atoms with Crippen molar-refractivity contribution in [3.8, 4) is 6.01 Å². The van der Waals surface area contributed by atoms with Crippen LogP contribution in [0.1, 0.15) is 20.3 Å². The average Bonchev–Trinajstić information content (AvgIpc) is 2.48. The van der Waals surface area contributed by atoms with Crippen molar-refractivity contribution in [1.82, 2.24) is 20.3 Å². The minimum absolute atomic E-state index is 0.00723. The van der Waals surface area contributed by atoms with Gasteiger partial charge in [0.05, 0.1) is 7.11 Å². The summed E-state index contributed by atoms with van der Waals surface area (Å²) in [4.78, 5) is 37.2. The summed E-state index contributed by atoms with van der Waals surface area (Å²) in [6.07, 6.45) is 0.907. The highest BCUT2D eigenvalue weighted by Crippen LogP contribution is 2.18. The van der Waals surface area contributed by atoms with E-state index in [1.165, 1.54) is 12.0 Å². The Bertz CT molecular complexity index is 550. The first-order valence-corrected chi connectivity index (χ1v) is 6.69. The molecule has 2 rings (SSSR count). The van der Waals surface area contributed by atoms with Gasteiger partial charge in [0.25, 0.3) is 0 Å². The third-order valence-electron chi connectivity index (χ3n) is 3.00. The maximum Gasteiger partial charge on any atom is 0.322 e. The molecule has 1 aromatic rings. The SMILES string of the molecule is CCCNc1nc(OC)nc(N2CC(=O)NC(=O)C2C)n1. The Morgan fingerprint density at radius 1 is 1.38 bits per heavy atom. The molecule has 1 atom stereocenters. The Labute approximate surface area is 122 Å². The van der Waals surface area contributed by atoms with E-state index in [9.17, 15) is 9.59 Å². The van der Waals surface area contributed by atoms with Gasteiger partial charge in [0.1, 0.15) is 12.6 Å². The number of carbonyl (C=O) groups excluding carboxylic acids is 2. The lowest BCUT2D eigenvalue weighted by atomic mass is 10.2. The number of aromatic nitrogens is 3. The number of hydrogen-bond acceptors (Lipinski definition) is 8. The van der Waals surface area contributed by atoms with E-state index < -0.39 is 6.04 Å². The van der Waals surface area contributed by atoms with Crippen LogP contribution >= 0.6 is 0 Å².